The number of halogens is 1. The lowest BCUT2D eigenvalue weighted by Gasteiger charge is -2.15. The van der Waals surface area contributed by atoms with Crippen LogP contribution >= 0.6 is 0 Å². The lowest BCUT2D eigenvalue weighted by atomic mass is 10.0. The van der Waals surface area contributed by atoms with Gasteiger partial charge in [-0.1, -0.05) is 43.7 Å². The molecule has 0 fully saturated rings. The molecule has 1 aromatic carbocycles. The topological polar surface area (TPSA) is 24.9 Å². The first-order valence-corrected chi connectivity index (χ1v) is 6.67. The number of nitrogens with one attached hydrogen (secondary N) is 1. The molecule has 1 unspecified atom stereocenters. The van der Waals surface area contributed by atoms with Crippen molar-refractivity contribution in [1.82, 2.24) is 4.98 Å². The van der Waals surface area contributed by atoms with Crippen LogP contribution < -0.4 is 5.32 Å². The van der Waals surface area contributed by atoms with Gasteiger partial charge in [-0.3, -0.25) is 0 Å². The smallest absolute Gasteiger partial charge is 0.214 e. The molecule has 2 aromatic rings. The molecule has 0 aliphatic carbocycles. The quantitative estimate of drug-likeness (QED) is 0.807. The number of rotatable bonds is 5. The Morgan fingerprint density at radius 3 is 2.53 bits per heavy atom. The van der Waals surface area contributed by atoms with Crippen LogP contribution in [0, 0.1) is 5.95 Å². The van der Waals surface area contributed by atoms with E-state index in [1.165, 1.54) is 17.2 Å². The maximum absolute atomic E-state index is 13.0. The summed E-state index contributed by atoms with van der Waals surface area (Å²) in [6.45, 7) is 4.22. The summed E-state index contributed by atoms with van der Waals surface area (Å²) in [5.74, 6) is 0.0978. The van der Waals surface area contributed by atoms with Crippen molar-refractivity contribution < 1.29 is 4.39 Å². The molecule has 2 nitrogen and oxygen atoms in total. The Morgan fingerprint density at radius 1 is 1.16 bits per heavy atom. The van der Waals surface area contributed by atoms with Crippen molar-refractivity contribution in [3.63, 3.8) is 0 Å². The van der Waals surface area contributed by atoms with Gasteiger partial charge in [0.05, 0.1) is 0 Å². The second-order valence-electron chi connectivity index (χ2n) is 4.70. The summed E-state index contributed by atoms with van der Waals surface area (Å²) in [4.78, 5) is 3.81. The predicted molar refractivity (Wildman–Crippen MR) is 76.7 cm³/mol. The summed E-state index contributed by atoms with van der Waals surface area (Å²) in [5, 5.41) is 3.20. The van der Waals surface area contributed by atoms with Crippen LogP contribution in [0.2, 0.25) is 0 Å². The molecule has 1 heterocycles. The molecule has 0 amide bonds. The Morgan fingerprint density at radius 2 is 1.89 bits per heavy atom. The summed E-state index contributed by atoms with van der Waals surface area (Å²) in [6, 6.07) is 13.4. The highest BCUT2D eigenvalue weighted by Gasteiger charge is 2.06. The molecule has 0 aliphatic rings. The molecule has 1 aromatic heterocycles. The predicted octanol–water partition coefficient (Wildman–Crippen LogP) is 4.35. The van der Waals surface area contributed by atoms with Gasteiger partial charge in [0.2, 0.25) is 5.95 Å². The number of anilines is 1. The molecule has 2 rings (SSSR count). The molecule has 1 N–H and O–H groups in total. The molecule has 0 saturated carbocycles. The average Bonchev–Trinajstić information content (AvgIpc) is 2.40. The Kier molecular flexibility index (Phi) is 4.50. The van der Waals surface area contributed by atoms with E-state index in [1.54, 1.807) is 12.1 Å². The number of pyridine rings is 1. The minimum absolute atomic E-state index is 0.102. The Bertz CT molecular complexity index is 523. The molecule has 19 heavy (non-hydrogen) atoms. The zero-order chi connectivity index (χ0) is 13.7. The summed E-state index contributed by atoms with van der Waals surface area (Å²) in [6.07, 6.45) is 2.26. The van der Waals surface area contributed by atoms with Gasteiger partial charge in [0.25, 0.3) is 0 Å². The normalized spacial score (nSPS) is 12.2. The van der Waals surface area contributed by atoms with E-state index in [4.69, 9.17) is 0 Å². The molecular formula is C16H19FN2. The zero-order valence-electron chi connectivity index (χ0n) is 11.4. The molecule has 0 saturated heterocycles. The third-order valence-corrected chi connectivity index (χ3v) is 3.10. The van der Waals surface area contributed by atoms with Crippen LogP contribution in [0.4, 0.5) is 10.2 Å². The van der Waals surface area contributed by atoms with Crippen molar-refractivity contribution >= 4 is 5.82 Å². The lowest BCUT2D eigenvalue weighted by Crippen LogP contribution is -2.08. The molecule has 3 heteroatoms. The van der Waals surface area contributed by atoms with Gasteiger partial charge in [-0.05, 0) is 36.6 Å². The van der Waals surface area contributed by atoms with Gasteiger partial charge in [-0.15, -0.1) is 0 Å². The summed E-state index contributed by atoms with van der Waals surface area (Å²) < 4.78 is 13.0. The fourth-order valence-corrected chi connectivity index (χ4v) is 2.06. The van der Waals surface area contributed by atoms with Crippen LogP contribution in [0.15, 0.2) is 42.5 Å². The molecular weight excluding hydrogens is 239 g/mol. The van der Waals surface area contributed by atoms with Crippen LogP contribution in [0.1, 0.15) is 37.4 Å². The van der Waals surface area contributed by atoms with E-state index >= 15 is 0 Å². The molecule has 1 atom stereocenters. The molecule has 0 radical (unpaired) electrons. The largest absolute Gasteiger partial charge is 0.363 e. The summed E-state index contributed by atoms with van der Waals surface area (Å²) in [5.41, 5.74) is 2.52. The molecule has 0 spiro atoms. The molecule has 0 aliphatic heterocycles. The van der Waals surface area contributed by atoms with Crippen LogP contribution in [-0.4, -0.2) is 4.98 Å². The third kappa shape index (κ3) is 3.78. The first-order valence-electron chi connectivity index (χ1n) is 6.67. The second-order valence-corrected chi connectivity index (χ2v) is 4.70. The Hall–Kier alpha value is -1.90. The van der Waals surface area contributed by atoms with Crippen molar-refractivity contribution in [3.05, 3.63) is 59.5 Å². The van der Waals surface area contributed by atoms with Gasteiger partial charge in [0.1, 0.15) is 5.82 Å². The van der Waals surface area contributed by atoms with E-state index in [2.05, 4.69) is 41.5 Å². The summed E-state index contributed by atoms with van der Waals surface area (Å²) in [7, 11) is 0. The van der Waals surface area contributed by atoms with E-state index in [9.17, 15) is 4.39 Å². The number of nitrogens with zero attached hydrogens (tertiary/aromatic N) is 1. The average molecular weight is 258 g/mol. The van der Waals surface area contributed by atoms with Gasteiger partial charge in [0, 0.05) is 6.04 Å². The van der Waals surface area contributed by atoms with Crippen LogP contribution in [0.3, 0.4) is 0 Å². The fourth-order valence-electron chi connectivity index (χ4n) is 2.06. The fraction of sp³-hybridized carbons (Fsp3) is 0.312. The SMILES string of the molecule is CCCc1ccc(C(C)Nc2cccc(F)n2)cc1. The van der Waals surface area contributed by atoms with Crippen LogP contribution in [-0.2, 0) is 6.42 Å². The van der Waals surface area contributed by atoms with Gasteiger partial charge in [0.15, 0.2) is 0 Å². The first-order chi connectivity index (χ1) is 9.19. The Balaban J connectivity index is 2.05. The van der Waals surface area contributed by atoms with Gasteiger partial charge >= 0.3 is 0 Å². The van der Waals surface area contributed by atoms with Crippen molar-refractivity contribution in [2.75, 3.05) is 5.32 Å². The molecule has 100 valence electrons. The standard InChI is InChI=1S/C16H19FN2/c1-3-5-13-8-10-14(11-9-13)12(2)18-16-7-4-6-15(17)19-16/h4,6-12H,3,5H2,1-2H3,(H,18,19). The maximum atomic E-state index is 13.0. The highest BCUT2D eigenvalue weighted by atomic mass is 19.1. The van der Waals surface area contributed by atoms with Crippen molar-refractivity contribution in [1.29, 1.82) is 0 Å². The zero-order valence-corrected chi connectivity index (χ0v) is 11.4. The lowest BCUT2D eigenvalue weighted by molar-refractivity contribution is 0.584. The highest BCUT2D eigenvalue weighted by Crippen LogP contribution is 2.18. The molecule has 0 bridgehead atoms. The van der Waals surface area contributed by atoms with Crippen molar-refractivity contribution in [2.45, 2.75) is 32.7 Å². The first kappa shape index (κ1) is 13.5. The minimum atomic E-state index is -0.463. The van der Waals surface area contributed by atoms with E-state index in [0.717, 1.165) is 12.8 Å². The van der Waals surface area contributed by atoms with Crippen LogP contribution in [0.25, 0.3) is 0 Å². The third-order valence-electron chi connectivity index (χ3n) is 3.10. The highest BCUT2D eigenvalue weighted by molar-refractivity contribution is 5.38. The van der Waals surface area contributed by atoms with Crippen LogP contribution in [0.5, 0.6) is 0 Å². The van der Waals surface area contributed by atoms with E-state index in [0.29, 0.717) is 5.82 Å². The number of aromatic nitrogens is 1. The number of hydrogen-bond acceptors (Lipinski definition) is 2. The monoisotopic (exact) mass is 258 g/mol. The van der Waals surface area contributed by atoms with E-state index in [1.807, 2.05) is 6.92 Å². The van der Waals surface area contributed by atoms with Crippen molar-refractivity contribution in [2.24, 2.45) is 0 Å². The summed E-state index contributed by atoms with van der Waals surface area (Å²) >= 11 is 0. The maximum Gasteiger partial charge on any atom is 0.214 e. The van der Waals surface area contributed by atoms with Crippen molar-refractivity contribution in [3.8, 4) is 0 Å². The van der Waals surface area contributed by atoms with E-state index < -0.39 is 5.95 Å². The minimum Gasteiger partial charge on any atom is -0.363 e. The second kappa shape index (κ2) is 6.32. The number of aryl methyl sites for hydroxylation is 1. The Labute approximate surface area is 113 Å². The van der Waals surface area contributed by atoms with Gasteiger partial charge in [-0.25, -0.2) is 4.98 Å². The van der Waals surface area contributed by atoms with E-state index in [-0.39, 0.29) is 6.04 Å². The number of hydrogen-bond donors (Lipinski definition) is 1. The number of benzene rings is 1. The van der Waals surface area contributed by atoms with Gasteiger partial charge in [-0.2, -0.15) is 4.39 Å². The van der Waals surface area contributed by atoms with Gasteiger partial charge < -0.3 is 5.32 Å².